The van der Waals surface area contributed by atoms with Crippen molar-refractivity contribution in [2.75, 3.05) is 4.90 Å². The van der Waals surface area contributed by atoms with E-state index in [-0.39, 0.29) is 5.41 Å². The number of rotatable bonds is 2. The van der Waals surface area contributed by atoms with Crippen molar-refractivity contribution in [3.05, 3.63) is 29.4 Å². The SMILES string of the molecule is CC(C)(C)c1cn(C2CC3CCC(C2)N3c2ncncc2Cl)nn1. The monoisotopic (exact) mass is 346 g/mol. The molecule has 2 saturated heterocycles. The van der Waals surface area contributed by atoms with Crippen LogP contribution in [0.25, 0.3) is 0 Å². The molecule has 0 radical (unpaired) electrons. The maximum atomic E-state index is 6.33. The number of nitrogens with zero attached hydrogens (tertiary/aromatic N) is 6. The van der Waals surface area contributed by atoms with Gasteiger partial charge in [-0.2, -0.15) is 0 Å². The lowest BCUT2D eigenvalue weighted by Crippen LogP contribution is -2.44. The second-order valence-corrected chi connectivity index (χ2v) is 8.35. The van der Waals surface area contributed by atoms with E-state index >= 15 is 0 Å². The van der Waals surface area contributed by atoms with E-state index in [4.69, 9.17) is 11.6 Å². The number of hydrogen-bond donors (Lipinski definition) is 0. The van der Waals surface area contributed by atoms with Crippen LogP contribution in [0, 0.1) is 0 Å². The molecule has 2 atom stereocenters. The number of hydrogen-bond acceptors (Lipinski definition) is 5. The Hall–Kier alpha value is -1.69. The predicted molar refractivity (Wildman–Crippen MR) is 93.3 cm³/mol. The van der Waals surface area contributed by atoms with Crippen molar-refractivity contribution < 1.29 is 0 Å². The van der Waals surface area contributed by atoms with Gasteiger partial charge in [0.15, 0.2) is 5.82 Å². The summed E-state index contributed by atoms with van der Waals surface area (Å²) in [5.74, 6) is 0.881. The van der Waals surface area contributed by atoms with Crippen LogP contribution in [-0.4, -0.2) is 37.0 Å². The van der Waals surface area contributed by atoms with Gasteiger partial charge in [0.25, 0.3) is 0 Å². The van der Waals surface area contributed by atoms with E-state index in [1.54, 1.807) is 12.5 Å². The molecule has 2 aliphatic heterocycles. The minimum atomic E-state index is 0.0341. The molecule has 0 aromatic carbocycles. The molecule has 0 spiro atoms. The topological polar surface area (TPSA) is 59.7 Å². The lowest BCUT2D eigenvalue weighted by Gasteiger charge is -2.39. The molecule has 0 N–H and O–H groups in total. The van der Waals surface area contributed by atoms with Crippen LogP contribution < -0.4 is 4.90 Å². The number of anilines is 1. The summed E-state index contributed by atoms with van der Waals surface area (Å²) in [6.45, 7) is 6.51. The van der Waals surface area contributed by atoms with Crippen LogP contribution in [0.1, 0.15) is 58.2 Å². The molecule has 2 aromatic rings. The van der Waals surface area contributed by atoms with E-state index in [2.05, 4.69) is 56.8 Å². The second kappa shape index (κ2) is 5.69. The fourth-order valence-electron chi connectivity index (χ4n) is 4.01. The Balaban J connectivity index is 1.57. The van der Waals surface area contributed by atoms with Crippen LogP contribution in [0.5, 0.6) is 0 Å². The van der Waals surface area contributed by atoms with Gasteiger partial charge in [0.1, 0.15) is 11.3 Å². The minimum Gasteiger partial charge on any atom is -0.349 e. The van der Waals surface area contributed by atoms with E-state index < -0.39 is 0 Å². The Morgan fingerprint density at radius 3 is 2.42 bits per heavy atom. The maximum Gasteiger partial charge on any atom is 0.151 e. The quantitative estimate of drug-likeness (QED) is 0.834. The fraction of sp³-hybridized carbons (Fsp3) is 0.647. The Morgan fingerprint density at radius 1 is 1.12 bits per heavy atom. The van der Waals surface area contributed by atoms with E-state index in [9.17, 15) is 0 Å². The van der Waals surface area contributed by atoms with Crippen LogP contribution in [0.15, 0.2) is 18.7 Å². The zero-order chi connectivity index (χ0) is 16.9. The zero-order valence-electron chi connectivity index (χ0n) is 14.4. The Kier molecular flexibility index (Phi) is 3.75. The number of fused-ring (bicyclic) bond motifs is 2. The van der Waals surface area contributed by atoms with Crippen molar-refractivity contribution >= 4 is 17.4 Å². The summed E-state index contributed by atoms with van der Waals surface area (Å²) >= 11 is 6.33. The van der Waals surface area contributed by atoms with E-state index in [1.165, 1.54) is 12.8 Å². The molecule has 0 amide bonds. The van der Waals surface area contributed by atoms with Crippen LogP contribution in [0.2, 0.25) is 5.02 Å². The van der Waals surface area contributed by atoms with Gasteiger partial charge in [0.2, 0.25) is 0 Å². The standard InChI is InChI=1S/C17H23ClN6/c1-17(2,3)15-9-23(22-21-15)13-6-11-4-5-12(7-13)24(11)16-14(18)8-19-10-20-16/h8-13H,4-7H2,1-3H3. The number of aromatic nitrogens is 5. The summed E-state index contributed by atoms with van der Waals surface area (Å²) in [4.78, 5) is 10.8. The van der Waals surface area contributed by atoms with E-state index in [0.717, 1.165) is 24.4 Å². The Labute approximate surface area is 147 Å². The molecule has 0 saturated carbocycles. The van der Waals surface area contributed by atoms with Crippen molar-refractivity contribution in [3.8, 4) is 0 Å². The van der Waals surface area contributed by atoms with Gasteiger partial charge in [0.05, 0.1) is 17.9 Å². The highest BCUT2D eigenvalue weighted by Gasteiger charge is 2.43. The third-order valence-corrected chi connectivity index (χ3v) is 5.52. The van der Waals surface area contributed by atoms with E-state index in [0.29, 0.717) is 23.1 Å². The van der Waals surface area contributed by atoms with Gasteiger partial charge in [-0.1, -0.05) is 37.6 Å². The molecule has 6 nitrogen and oxygen atoms in total. The molecule has 2 fully saturated rings. The lowest BCUT2D eigenvalue weighted by atomic mass is 9.93. The first-order valence-electron chi connectivity index (χ1n) is 8.59. The van der Waals surface area contributed by atoms with Crippen molar-refractivity contribution in [1.82, 2.24) is 25.0 Å². The molecule has 7 heteroatoms. The van der Waals surface area contributed by atoms with E-state index in [1.807, 2.05) is 0 Å². The van der Waals surface area contributed by atoms with Crippen molar-refractivity contribution in [3.63, 3.8) is 0 Å². The smallest absolute Gasteiger partial charge is 0.151 e. The molecule has 2 unspecified atom stereocenters. The molecule has 128 valence electrons. The van der Waals surface area contributed by atoms with Crippen molar-refractivity contribution in [2.45, 2.75) is 70.0 Å². The summed E-state index contributed by atoms with van der Waals surface area (Å²) in [5, 5.41) is 9.44. The number of piperidine rings is 1. The average molecular weight is 347 g/mol. The second-order valence-electron chi connectivity index (χ2n) is 7.95. The van der Waals surface area contributed by atoms with Gasteiger partial charge >= 0.3 is 0 Å². The molecule has 0 aliphatic carbocycles. The van der Waals surface area contributed by atoms with Crippen LogP contribution in [0.3, 0.4) is 0 Å². The highest BCUT2D eigenvalue weighted by atomic mass is 35.5. The zero-order valence-corrected chi connectivity index (χ0v) is 15.1. The van der Waals surface area contributed by atoms with Gasteiger partial charge in [-0.15, -0.1) is 5.10 Å². The molecular weight excluding hydrogens is 324 g/mol. The molecule has 2 aliphatic rings. The van der Waals surface area contributed by atoms with Crippen molar-refractivity contribution in [2.24, 2.45) is 0 Å². The van der Waals surface area contributed by atoms with Crippen LogP contribution in [-0.2, 0) is 5.41 Å². The normalized spacial score (nSPS) is 26.8. The first kappa shape index (κ1) is 15.8. The summed E-state index contributed by atoms with van der Waals surface area (Å²) in [7, 11) is 0. The Morgan fingerprint density at radius 2 is 1.83 bits per heavy atom. The summed E-state index contributed by atoms with van der Waals surface area (Å²) < 4.78 is 2.07. The van der Waals surface area contributed by atoms with Crippen molar-refractivity contribution in [1.29, 1.82) is 0 Å². The molecule has 4 rings (SSSR count). The largest absolute Gasteiger partial charge is 0.349 e. The summed E-state index contributed by atoms with van der Waals surface area (Å²) in [6, 6.07) is 1.33. The molecular formula is C17H23ClN6. The number of halogens is 1. The fourth-order valence-corrected chi connectivity index (χ4v) is 4.21. The highest BCUT2D eigenvalue weighted by Crippen LogP contribution is 2.44. The highest BCUT2D eigenvalue weighted by molar-refractivity contribution is 6.32. The third kappa shape index (κ3) is 2.66. The molecule has 2 bridgehead atoms. The molecule has 24 heavy (non-hydrogen) atoms. The maximum absolute atomic E-state index is 6.33. The van der Waals surface area contributed by atoms with Gasteiger partial charge in [-0.25, -0.2) is 14.6 Å². The minimum absolute atomic E-state index is 0.0341. The molecule has 4 heterocycles. The lowest BCUT2D eigenvalue weighted by molar-refractivity contribution is 0.309. The third-order valence-electron chi connectivity index (χ3n) is 5.25. The summed E-state index contributed by atoms with van der Waals surface area (Å²) in [6.07, 6.45) is 9.87. The predicted octanol–water partition coefficient (Wildman–Crippen LogP) is 3.39. The van der Waals surface area contributed by atoms with Crippen LogP contribution in [0.4, 0.5) is 5.82 Å². The van der Waals surface area contributed by atoms with Crippen LogP contribution >= 0.6 is 11.6 Å². The van der Waals surface area contributed by atoms with Gasteiger partial charge in [-0.05, 0) is 25.7 Å². The molecule has 2 aromatic heterocycles. The Bertz CT molecular complexity index is 723. The van der Waals surface area contributed by atoms with Gasteiger partial charge < -0.3 is 4.90 Å². The first-order valence-corrected chi connectivity index (χ1v) is 8.97. The average Bonchev–Trinajstić information content (AvgIpc) is 3.11. The summed E-state index contributed by atoms with van der Waals surface area (Å²) in [5.41, 5.74) is 1.09. The van der Waals surface area contributed by atoms with Gasteiger partial charge in [0, 0.05) is 23.7 Å². The van der Waals surface area contributed by atoms with Gasteiger partial charge in [-0.3, -0.25) is 0 Å². The first-order chi connectivity index (χ1) is 11.4.